The molecule has 2 aromatic heterocycles. The highest BCUT2D eigenvalue weighted by molar-refractivity contribution is 7.99. The quantitative estimate of drug-likeness (QED) is 0.640. The maximum atomic E-state index is 12.7. The maximum Gasteiger partial charge on any atom is 0.233 e. The van der Waals surface area contributed by atoms with Gasteiger partial charge in [-0.3, -0.25) is 9.36 Å². The molecule has 1 aliphatic carbocycles. The van der Waals surface area contributed by atoms with Gasteiger partial charge in [0.25, 0.3) is 0 Å². The van der Waals surface area contributed by atoms with E-state index in [0.717, 1.165) is 12.8 Å². The number of hydrogen-bond acceptors (Lipinski definition) is 7. The van der Waals surface area contributed by atoms with E-state index < -0.39 is 9.84 Å². The molecule has 1 aliphatic heterocycles. The van der Waals surface area contributed by atoms with Crippen LogP contribution in [0.15, 0.2) is 28.0 Å². The first-order valence-corrected chi connectivity index (χ1v) is 12.8. The fourth-order valence-corrected chi connectivity index (χ4v) is 6.83. The zero-order valence-corrected chi connectivity index (χ0v) is 18.1. The zero-order valence-electron chi connectivity index (χ0n) is 16.5. The summed E-state index contributed by atoms with van der Waals surface area (Å²) in [5.41, 5.74) is 0. The summed E-state index contributed by atoms with van der Waals surface area (Å²) in [5.74, 6) is 1.71. The van der Waals surface area contributed by atoms with E-state index in [1.54, 1.807) is 18.2 Å². The minimum Gasteiger partial charge on any atom is -0.461 e. The van der Waals surface area contributed by atoms with Crippen LogP contribution in [-0.4, -0.2) is 64.3 Å². The Labute approximate surface area is 175 Å². The molecule has 2 aromatic rings. The summed E-state index contributed by atoms with van der Waals surface area (Å²) in [4.78, 5) is 14.2. The van der Waals surface area contributed by atoms with Crippen LogP contribution >= 0.6 is 11.8 Å². The molecule has 0 unspecified atom stereocenters. The number of amides is 1. The molecule has 0 spiro atoms. The fraction of sp³-hybridized carbons (Fsp3) is 0.632. The van der Waals surface area contributed by atoms with Crippen LogP contribution in [0.5, 0.6) is 0 Å². The summed E-state index contributed by atoms with van der Waals surface area (Å²) in [6, 6.07) is 3.77. The van der Waals surface area contributed by atoms with Gasteiger partial charge in [-0.1, -0.05) is 31.0 Å². The van der Waals surface area contributed by atoms with E-state index in [2.05, 4.69) is 14.8 Å². The van der Waals surface area contributed by atoms with Gasteiger partial charge in [0.15, 0.2) is 20.8 Å². The normalized spacial score (nSPS) is 22.0. The third-order valence-corrected chi connectivity index (χ3v) is 8.50. The molecule has 8 nitrogen and oxygen atoms in total. The van der Waals surface area contributed by atoms with Gasteiger partial charge in [0.05, 0.1) is 23.5 Å². The lowest BCUT2D eigenvalue weighted by Gasteiger charge is -2.26. The van der Waals surface area contributed by atoms with Crippen LogP contribution in [0.4, 0.5) is 0 Å². The number of carbonyl (C=O) groups is 1. The second-order valence-electron chi connectivity index (χ2n) is 7.80. The Balaban J connectivity index is 1.49. The molecule has 1 saturated heterocycles. The van der Waals surface area contributed by atoms with Gasteiger partial charge >= 0.3 is 0 Å². The second-order valence-corrected chi connectivity index (χ2v) is 11.0. The lowest BCUT2D eigenvalue weighted by molar-refractivity contribution is -0.128. The summed E-state index contributed by atoms with van der Waals surface area (Å²) in [5, 5.41) is 9.41. The third-order valence-electron chi connectivity index (χ3n) is 5.82. The minimum absolute atomic E-state index is 0.0564. The van der Waals surface area contributed by atoms with Crippen LogP contribution in [0.25, 0.3) is 11.6 Å². The van der Waals surface area contributed by atoms with Crippen LogP contribution < -0.4 is 0 Å². The number of hydrogen-bond donors (Lipinski definition) is 0. The monoisotopic (exact) mass is 438 g/mol. The molecule has 2 aliphatic rings. The van der Waals surface area contributed by atoms with Gasteiger partial charge < -0.3 is 9.32 Å². The van der Waals surface area contributed by atoms with Crippen molar-refractivity contribution in [3.8, 4) is 11.6 Å². The summed E-state index contributed by atoms with van der Waals surface area (Å²) in [7, 11) is -1.33. The molecule has 1 amide bonds. The molecule has 29 heavy (non-hydrogen) atoms. The Morgan fingerprint density at radius 1 is 1.28 bits per heavy atom. The average Bonchev–Trinajstić information content (AvgIpc) is 3.45. The summed E-state index contributed by atoms with van der Waals surface area (Å²) in [6.45, 7) is 0. The van der Waals surface area contributed by atoms with Crippen molar-refractivity contribution in [2.24, 2.45) is 0 Å². The van der Waals surface area contributed by atoms with Gasteiger partial charge in [-0.15, -0.1) is 10.2 Å². The second kappa shape index (κ2) is 8.51. The standard InChI is InChI=1S/C19H26N4O4S2/c1-22(15-9-11-29(25,26)13-15)17(24)12-28-19-21-20-18(16-8-5-10-27-16)23(19)14-6-3-2-4-7-14/h5,8,10,14-15H,2-4,6-7,9,11-13H2,1H3/t15-/m0/s1. The van der Waals surface area contributed by atoms with Crippen molar-refractivity contribution in [1.82, 2.24) is 19.7 Å². The minimum atomic E-state index is -3.02. The summed E-state index contributed by atoms with van der Waals surface area (Å²) >= 11 is 1.36. The highest BCUT2D eigenvalue weighted by atomic mass is 32.2. The topological polar surface area (TPSA) is 98.3 Å². The van der Waals surface area contributed by atoms with E-state index >= 15 is 0 Å². The summed E-state index contributed by atoms with van der Waals surface area (Å²) < 4.78 is 31.1. The van der Waals surface area contributed by atoms with E-state index in [-0.39, 0.29) is 29.2 Å². The molecule has 0 N–H and O–H groups in total. The molecular weight excluding hydrogens is 412 g/mol. The fourth-order valence-electron chi connectivity index (χ4n) is 4.13. The first-order valence-electron chi connectivity index (χ1n) is 10.0. The van der Waals surface area contributed by atoms with Crippen molar-refractivity contribution in [2.75, 3.05) is 24.3 Å². The molecule has 0 aromatic carbocycles. The van der Waals surface area contributed by atoms with Crippen molar-refractivity contribution >= 4 is 27.5 Å². The van der Waals surface area contributed by atoms with E-state index in [1.165, 1.54) is 31.0 Å². The van der Waals surface area contributed by atoms with Crippen molar-refractivity contribution in [3.05, 3.63) is 18.4 Å². The number of carbonyl (C=O) groups excluding carboxylic acids is 1. The summed E-state index contributed by atoms with van der Waals surface area (Å²) in [6.07, 6.45) is 7.84. The Morgan fingerprint density at radius 2 is 2.07 bits per heavy atom. The van der Waals surface area contributed by atoms with Crippen LogP contribution in [0.1, 0.15) is 44.6 Å². The van der Waals surface area contributed by atoms with Gasteiger partial charge in [-0.25, -0.2) is 8.42 Å². The molecular formula is C19H26N4O4S2. The number of nitrogens with zero attached hydrogens (tertiary/aromatic N) is 4. The zero-order chi connectivity index (χ0) is 20.4. The molecule has 0 radical (unpaired) electrons. The molecule has 158 valence electrons. The molecule has 10 heteroatoms. The Bertz CT molecular complexity index is 949. The van der Waals surface area contributed by atoms with E-state index in [4.69, 9.17) is 4.42 Å². The van der Waals surface area contributed by atoms with Crippen molar-refractivity contribution in [2.45, 2.75) is 55.8 Å². The molecule has 0 bridgehead atoms. The van der Waals surface area contributed by atoms with Gasteiger partial charge in [0.1, 0.15) is 0 Å². The Hall–Kier alpha value is -1.81. The lowest BCUT2D eigenvalue weighted by atomic mass is 9.95. The number of aromatic nitrogens is 3. The van der Waals surface area contributed by atoms with Gasteiger partial charge in [0, 0.05) is 19.1 Å². The number of rotatable bonds is 6. The number of sulfone groups is 1. The first-order chi connectivity index (χ1) is 13.9. The van der Waals surface area contributed by atoms with Crippen LogP contribution in [-0.2, 0) is 14.6 Å². The molecule has 1 atom stereocenters. The van der Waals surface area contributed by atoms with Crippen molar-refractivity contribution in [3.63, 3.8) is 0 Å². The third kappa shape index (κ3) is 4.53. The van der Waals surface area contributed by atoms with Crippen LogP contribution in [0, 0.1) is 0 Å². The highest BCUT2D eigenvalue weighted by Crippen LogP contribution is 2.35. The van der Waals surface area contributed by atoms with Crippen LogP contribution in [0.3, 0.4) is 0 Å². The Morgan fingerprint density at radius 3 is 2.72 bits per heavy atom. The highest BCUT2D eigenvalue weighted by Gasteiger charge is 2.33. The van der Waals surface area contributed by atoms with Crippen molar-refractivity contribution in [1.29, 1.82) is 0 Å². The smallest absolute Gasteiger partial charge is 0.233 e. The van der Waals surface area contributed by atoms with E-state index in [1.807, 2.05) is 12.1 Å². The lowest BCUT2D eigenvalue weighted by Crippen LogP contribution is -2.38. The largest absolute Gasteiger partial charge is 0.461 e. The predicted octanol–water partition coefficient (Wildman–Crippen LogP) is 2.78. The first kappa shape index (κ1) is 20.5. The SMILES string of the molecule is CN(C(=O)CSc1nnc(-c2ccco2)n1C1CCCCC1)[C@H]1CCS(=O)(=O)C1. The Kier molecular flexibility index (Phi) is 6.00. The van der Waals surface area contributed by atoms with Crippen LogP contribution in [0.2, 0.25) is 0 Å². The molecule has 2 fully saturated rings. The van der Waals surface area contributed by atoms with Gasteiger partial charge in [0.2, 0.25) is 11.7 Å². The van der Waals surface area contributed by atoms with Gasteiger partial charge in [-0.2, -0.15) is 0 Å². The van der Waals surface area contributed by atoms with E-state index in [9.17, 15) is 13.2 Å². The van der Waals surface area contributed by atoms with Gasteiger partial charge in [-0.05, 0) is 31.4 Å². The number of furan rings is 1. The maximum absolute atomic E-state index is 12.7. The molecule has 4 rings (SSSR count). The average molecular weight is 439 g/mol. The number of thioether (sulfide) groups is 1. The molecule has 3 heterocycles. The predicted molar refractivity (Wildman–Crippen MR) is 110 cm³/mol. The van der Waals surface area contributed by atoms with E-state index in [0.29, 0.717) is 29.2 Å². The molecule has 1 saturated carbocycles. The van der Waals surface area contributed by atoms with Crippen molar-refractivity contribution < 1.29 is 17.6 Å².